The number of likely N-dealkylation sites (N-methyl/N-ethyl adjacent to an activating group) is 1. The molecule has 0 radical (unpaired) electrons. The van der Waals surface area contributed by atoms with E-state index in [1.54, 1.807) is 0 Å². The minimum Gasteiger partial charge on any atom is -0.306 e. The molecule has 2 aromatic carbocycles. The van der Waals surface area contributed by atoms with Crippen LogP contribution in [0.1, 0.15) is 36.8 Å². The van der Waals surface area contributed by atoms with Gasteiger partial charge in [-0.25, -0.2) is 0 Å². The van der Waals surface area contributed by atoms with Crippen molar-refractivity contribution in [2.24, 2.45) is 5.92 Å². The molecule has 142 valence electrons. The first-order valence-corrected chi connectivity index (χ1v) is 10.4. The minimum absolute atomic E-state index is 0.360. The Morgan fingerprint density at radius 2 is 1.59 bits per heavy atom. The fourth-order valence-electron chi connectivity index (χ4n) is 3.83. The maximum Gasteiger partial charge on any atom is 0.0850 e. The third-order valence-corrected chi connectivity index (χ3v) is 6.14. The first-order valence-electron chi connectivity index (χ1n) is 9.64. The molecular weight excluding hydrogens is 375 g/mol. The van der Waals surface area contributed by atoms with Gasteiger partial charge in [-0.15, -0.1) is 0 Å². The monoisotopic (exact) mass is 400 g/mol. The highest BCUT2D eigenvalue weighted by atomic mass is 35.5. The molecule has 0 heterocycles. The van der Waals surface area contributed by atoms with E-state index in [-0.39, 0.29) is 5.41 Å². The van der Waals surface area contributed by atoms with Crippen LogP contribution in [0, 0.1) is 17.2 Å². The molecule has 1 saturated carbocycles. The van der Waals surface area contributed by atoms with Gasteiger partial charge in [-0.05, 0) is 87.0 Å². The summed E-state index contributed by atoms with van der Waals surface area (Å²) < 4.78 is 0. The highest BCUT2D eigenvalue weighted by Gasteiger charge is 2.46. The topological polar surface area (TPSA) is 27.0 Å². The standard InChI is InChI=1S/C23H26Cl2N2/c1-27(16-13-18-3-9-21(24)10-4-18)15-2-14-23(17-26,19-5-6-19)20-7-11-22(25)12-8-20/h3-4,7-12,19H,2,5-6,13-16H2,1H3. The second kappa shape index (κ2) is 9.11. The fourth-order valence-corrected chi connectivity index (χ4v) is 4.08. The fraction of sp³-hybridized carbons (Fsp3) is 0.435. The van der Waals surface area contributed by atoms with E-state index in [0.717, 1.165) is 60.8 Å². The zero-order valence-corrected chi connectivity index (χ0v) is 17.3. The van der Waals surface area contributed by atoms with Gasteiger partial charge in [0, 0.05) is 16.6 Å². The summed E-state index contributed by atoms with van der Waals surface area (Å²) in [6.07, 6.45) is 5.24. The molecular formula is C23H26Cl2N2. The maximum absolute atomic E-state index is 10.0. The maximum atomic E-state index is 10.0. The lowest BCUT2D eigenvalue weighted by molar-refractivity contribution is 0.308. The Hall–Kier alpha value is -1.53. The SMILES string of the molecule is CN(CCCC(C#N)(c1ccc(Cl)cc1)C1CC1)CCc1ccc(Cl)cc1. The molecule has 0 spiro atoms. The largest absolute Gasteiger partial charge is 0.306 e. The third-order valence-electron chi connectivity index (χ3n) is 5.64. The van der Waals surface area contributed by atoms with Crippen molar-refractivity contribution in [3.63, 3.8) is 0 Å². The lowest BCUT2D eigenvalue weighted by Crippen LogP contribution is -2.29. The second-order valence-electron chi connectivity index (χ2n) is 7.65. The van der Waals surface area contributed by atoms with E-state index in [0.29, 0.717) is 5.92 Å². The van der Waals surface area contributed by atoms with Crippen LogP contribution in [0.2, 0.25) is 10.0 Å². The third kappa shape index (κ3) is 5.26. The molecule has 0 aromatic heterocycles. The van der Waals surface area contributed by atoms with E-state index >= 15 is 0 Å². The number of nitrogens with zero attached hydrogens (tertiary/aromatic N) is 2. The highest BCUT2D eigenvalue weighted by molar-refractivity contribution is 6.30. The van der Waals surface area contributed by atoms with Crippen LogP contribution >= 0.6 is 23.2 Å². The van der Waals surface area contributed by atoms with E-state index < -0.39 is 0 Å². The summed E-state index contributed by atoms with van der Waals surface area (Å²) in [5.41, 5.74) is 2.07. The van der Waals surface area contributed by atoms with Crippen LogP contribution < -0.4 is 0 Å². The smallest absolute Gasteiger partial charge is 0.0850 e. The van der Waals surface area contributed by atoms with Crippen molar-refractivity contribution >= 4 is 23.2 Å². The lowest BCUT2D eigenvalue weighted by atomic mass is 9.74. The average Bonchev–Trinajstić information content (AvgIpc) is 3.51. The van der Waals surface area contributed by atoms with E-state index in [1.807, 2.05) is 36.4 Å². The Bertz CT molecular complexity index is 776. The summed E-state index contributed by atoms with van der Waals surface area (Å²) >= 11 is 12.0. The quantitative estimate of drug-likeness (QED) is 0.506. The Morgan fingerprint density at radius 3 is 2.15 bits per heavy atom. The zero-order chi connectivity index (χ0) is 19.3. The highest BCUT2D eigenvalue weighted by Crippen LogP contribution is 2.50. The van der Waals surface area contributed by atoms with Crippen molar-refractivity contribution in [1.29, 1.82) is 5.26 Å². The number of halogens is 2. The summed E-state index contributed by atoms with van der Waals surface area (Å²) in [4.78, 5) is 2.35. The van der Waals surface area contributed by atoms with Gasteiger partial charge in [0.1, 0.15) is 0 Å². The van der Waals surface area contributed by atoms with Crippen LogP contribution in [-0.4, -0.2) is 25.0 Å². The van der Waals surface area contributed by atoms with Crippen molar-refractivity contribution < 1.29 is 0 Å². The van der Waals surface area contributed by atoms with Crippen molar-refractivity contribution in [1.82, 2.24) is 4.90 Å². The summed E-state index contributed by atoms with van der Waals surface area (Å²) in [7, 11) is 2.16. The van der Waals surface area contributed by atoms with Crippen LogP contribution in [0.5, 0.6) is 0 Å². The zero-order valence-electron chi connectivity index (χ0n) is 15.8. The number of nitriles is 1. The number of hydrogen-bond donors (Lipinski definition) is 0. The minimum atomic E-state index is -0.360. The molecule has 0 N–H and O–H groups in total. The van der Waals surface area contributed by atoms with Crippen LogP contribution in [-0.2, 0) is 11.8 Å². The molecule has 3 rings (SSSR count). The molecule has 0 bridgehead atoms. The summed E-state index contributed by atoms with van der Waals surface area (Å²) in [5, 5.41) is 11.5. The summed E-state index contributed by atoms with van der Waals surface area (Å²) in [6, 6.07) is 18.6. The van der Waals surface area contributed by atoms with Gasteiger partial charge in [-0.2, -0.15) is 5.26 Å². The Kier molecular flexibility index (Phi) is 6.82. The van der Waals surface area contributed by atoms with Gasteiger partial charge in [0.15, 0.2) is 0 Å². The first kappa shape index (κ1) is 20.2. The predicted octanol–water partition coefficient (Wildman–Crippen LogP) is 6.12. The molecule has 0 aliphatic heterocycles. The number of hydrogen-bond acceptors (Lipinski definition) is 2. The Morgan fingerprint density at radius 1 is 1.00 bits per heavy atom. The molecule has 2 nitrogen and oxygen atoms in total. The second-order valence-corrected chi connectivity index (χ2v) is 8.52. The number of benzene rings is 2. The Balaban J connectivity index is 1.54. The molecule has 1 atom stereocenters. The molecule has 1 aliphatic carbocycles. The van der Waals surface area contributed by atoms with Gasteiger partial charge in [0.25, 0.3) is 0 Å². The predicted molar refractivity (Wildman–Crippen MR) is 113 cm³/mol. The molecule has 1 fully saturated rings. The lowest BCUT2D eigenvalue weighted by Gasteiger charge is -2.28. The molecule has 0 saturated heterocycles. The molecule has 1 aliphatic rings. The van der Waals surface area contributed by atoms with E-state index in [9.17, 15) is 5.26 Å². The molecule has 0 amide bonds. The van der Waals surface area contributed by atoms with Gasteiger partial charge in [-0.1, -0.05) is 47.5 Å². The van der Waals surface area contributed by atoms with Crippen molar-refractivity contribution in [3.8, 4) is 6.07 Å². The van der Waals surface area contributed by atoms with Crippen molar-refractivity contribution in [2.45, 2.75) is 37.5 Å². The molecule has 4 heteroatoms. The molecule has 1 unspecified atom stereocenters. The van der Waals surface area contributed by atoms with Crippen LogP contribution in [0.25, 0.3) is 0 Å². The summed E-state index contributed by atoms with van der Waals surface area (Å²) in [6.45, 7) is 2.00. The van der Waals surface area contributed by atoms with Crippen LogP contribution in [0.4, 0.5) is 0 Å². The van der Waals surface area contributed by atoms with E-state index in [1.165, 1.54) is 5.56 Å². The first-order chi connectivity index (χ1) is 13.0. The summed E-state index contributed by atoms with van der Waals surface area (Å²) in [5.74, 6) is 0.489. The Labute approximate surface area is 172 Å². The normalized spacial score (nSPS) is 16.1. The van der Waals surface area contributed by atoms with Crippen LogP contribution in [0.3, 0.4) is 0 Å². The van der Waals surface area contributed by atoms with Gasteiger partial charge in [0.2, 0.25) is 0 Å². The van der Waals surface area contributed by atoms with Gasteiger partial charge in [-0.3, -0.25) is 0 Å². The average molecular weight is 401 g/mol. The van der Waals surface area contributed by atoms with Gasteiger partial charge in [0.05, 0.1) is 11.5 Å². The van der Waals surface area contributed by atoms with Gasteiger partial charge < -0.3 is 4.90 Å². The number of rotatable bonds is 9. The molecule has 27 heavy (non-hydrogen) atoms. The molecule has 2 aromatic rings. The van der Waals surface area contributed by atoms with Crippen molar-refractivity contribution in [2.75, 3.05) is 20.1 Å². The van der Waals surface area contributed by atoms with E-state index in [4.69, 9.17) is 23.2 Å². The van der Waals surface area contributed by atoms with Crippen LogP contribution in [0.15, 0.2) is 48.5 Å². The van der Waals surface area contributed by atoms with Crippen molar-refractivity contribution in [3.05, 3.63) is 69.7 Å². The van der Waals surface area contributed by atoms with E-state index in [2.05, 4.69) is 30.1 Å². The van der Waals surface area contributed by atoms with Gasteiger partial charge >= 0.3 is 0 Å².